The molecule has 0 aliphatic carbocycles. The summed E-state index contributed by atoms with van der Waals surface area (Å²) < 4.78 is 16.1. The molecule has 1 aliphatic heterocycles. The number of methoxy groups -OCH3 is 2. The molecule has 33 heavy (non-hydrogen) atoms. The van der Waals surface area contributed by atoms with Gasteiger partial charge in [-0.1, -0.05) is 28.9 Å². The molecule has 1 unspecified atom stereocenters. The first-order valence-corrected chi connectivity index (χ1v) is 11.2. The van der Waals surface area contributed by atoms with E-state index in [9.17, 15) is 4.79 Å². The molecule has 0 bridgehead atoms. The topological polar surface area (TPSA) is 89.7 Å². The first-order valence-electron chi connectivity index (χ1n) is 10.8. The van der Waals surface area contributed by atoms with Gasteiger partial charge < -0.3 is 19.3 Å². The summed E-state index contributed by atoms with van der Waals surface area (Å²) >= 11 is 6.02. The van der Waals surface area contributed by atoms with Crippen LogP contribution in [-0.4, -0.2) is 48.3 Å². The molecule has 1 amide bonds. The third-order valence-electron chi connectivity index (χ3n) is 5.70. The Balaban J connectivity index is 1.34. The Bertz CT molecular complexity index is 1100. The number of halogens is 1. The highest BCUT2D eigenvalue weighted by Gasteiger charge is 2.27. The van der Waals surface area contributed by atoms with Crippen molar-refractivity contribution in [3.8, 4) is 22.9 Å². The van der Waals surface area contributed by atoms with Crippen LogP contribution in [0.15, 0.2) is 47.0 Å². The fourth-order valence-electron chi connectivity index (χ4n) is 4.00. The van der Waals surface area contributed by atoms with E-state index < -0.39 is 0 Å². The van der Waals surface area contributed by atoms with Crippen LogP contribution in [0.25, 0.3) is 11.4 Å². The van der Waals surface area contributed by atoms with Crippen LogP contribution in [0.4, 0.5) is 0 Å². The van der Waals surface area contributed by atoms with Crippen LogP contribution in [0.5, 0.6) is 11.5 Å². The third kappa shape index (κ3) is 5.83. The van der Waals surface area contributed by atoms with Gasteiger partial charge in [-0.05, 0) is 55.3 Å². The summed E-state index contributed by atoms with van der Waals surface area (Å²) in [5.41, 5.74) is 1.76. The van der Waals surface area contributed by atoms with Crippen LogP contribution in [0, 0.1) is 5.92 Å². The van der Waals surface area contributed by atoms with Crippen LogP contribution < -0.4 is 14.8 Å². The number of aromatic nitrogens is 2. The third-order valence-corrected chi connectivity index (χ3v) is 5.94. The highest BCUT2D eigenvalue weighted by Crippen LogP contribution is 2.31. The maximum absolute atomic E-state index is 12.7. The molecule has 0 spiro atoms. The van der Waals surface area contributed by atoms with E-state index in [-0.39, 0.29) is 11.8 Å². The van der Waals surface area contributed by atoms with E-state index in [0.29, 0.717) is 47.9 Å². The monoisotopic (exact) mass is 470 g/mol. The van der Waals surface area contributed by atoms with E-state index in [2.05, 4.69) is 20.4 Å². The highest BCUT2D eigenvalue weighted by atomic mass is 35.5. The maximum Gasteiger partial charge on any atom is 0.241 e. The second-order valence-electron chi connectivity index (χ2n) is 8.00. The number of nitrogens with one attached hydrogen (secondary N) is 1. The van der Waals surface area contributed by atoms with E-state index in [1.807, 2.05) is 36.4 Å². The van der Waals surface area contributed by atoms with Gasteiger partial charge in [0.15, 0.2) is 11.5 Å². The number of carbonyl (C=O) groups excluding carboxylic acids is 1. The summed E-state index contributed by atoms with van der Waals surface area (Å²) in [6.45, 7) is 2.49. The minimum absolute atomic E-state index is 0.0521. The number of rotatable bonds is 8. The van der Waals surface area contributed by atoms with Gasteiger partial charge in [-0.15, -0.1) is 0 Å². The van der Waals surface area contributed by atoms with E-state index in [1.54, 1.807) is 20.3 Å². The zero-order valence-electron chi connectivity index (χ0n) is 18.7. The normalized spacial score (nSPS) is 16.4. The molecule has 1 fully saturated rings. The van der Waals surface area contributed by atoms with Crippen molar-refractivity contribution in [2.24, 2.45) is 5.92 Å². The Kier molecular flexibility index (Phi) is 7.47. The molecule has 4 rings (SSSR count). The van der Waals surface area contributed by atoms with Gasteiger partial charge in [-0.3, -0.25) is 9.69 Å². The lowest BCUT2D eigenvalue weighted by Crippen LogP contribution is -2.42. The van der Waals surface area contributed by atoms with Crippen LogP contribution in [-0.2, 0) is 17.9 Å². The Labute approximate surface area is 197 Å². The maximum atomic E-state index is 12.7. The number of amides is 1. The number of hydrogen-bond donors (Lipinski definition) is 1. The first-order chi connectivity index (χ1) is 16.1. The molecule has 8 nitrogen and oxygen atoms in total. The summed E-state index contributed by atoms with van der Waals surface area (Å²) in [5, 5.41) is 7.80. The lowest BCUT2D eigenvalue weighted by Gasteiger charge is -2.30. The van der Waals surface area contributed by atoms with Crippen LogP contribution in [0.1, 0.15) is 24.3 Å². The number of hydrogen-bond acceptors (Lipinski definition) is 7. The lowest BCUT2D eigenvalue weighted by atomic mass is 9.97. The minimum atomic E-state index is -0.0776. The molecular weight excluding hydrogens is 444 g/mol. The van der Waals surface area contributed by atoms with Gasteiger partial charge in [-0.2, -0.15) is 4.98 Å². The smallest absolute Gasteiger partial charge is 0.241 e. The van der Waals surface area contributed by atoms with Gasteiger partial charge in [0.1, 0.15) is 0 Å². The van der Waals surface area contributed by atoms with Crippen LogP contribution in [0.2, 0.25) is 5.02 Å². The predicted molar refractivity (Wildman–Crippen MR) is 124 cm³/mol. The molecule has 2 aromatic carbocycles. The van der Waals surface area contributed by atoms with Crippen molar-refractivity contribution in [1.29, 1.82) is 0 Å². The summed E-state index contributed by atoms with van der Waals surface area (Å²) in [6, 6.07) is 13.0. The summed E-state index contributed by atoms with van der Waals surface area (Å²) in [6.07, 6.45) is 1.80. The number of ether oxygens (including phenoxy) is 2. The highest BCUT2D eigenvalue weighted by molar-refractivity contribution is 6.30. The molecule has 3 aromatic rings. The van der Waals surface area contributed by atoms with Crippen molar-refractivity contribution in [3.63, 3.8) is 0 Å². The molecule has 1 saturated heterocycles. The van der Waals surface area contributed by atoms with Gasteiger partial charge in [-0.25, -0.2) is 0 Å². The zero-order chi connectivity index (χ0) is 23.2. The van der Waals surface area contributed by atoms with Crippen molar-refractivity contribution in [1.82, 2.24) is 20.4 Å². The SMILES string of the molecule is COc1ccc(-c2noc(CN3CCCC(C(=O)NCc4cccc(Cl)c4)C3)n2)cc1OC. The van der Waals surface area contributed by atoms with Crippen molar-refractivity contribution in [2.75, 3.05) is 27.3 Å². The van der Waals surface area contributed by atoms with Crippen molar-refractivity contribution < 1.29 is 18.8 Å². The molecule has 174 valence electrons. The quantitative estimate of drug-likeness (QED) is 0.533. The molecule has 9 heteroatoms. The second-order valence-corrected chi connectivity index (χ2v) is 8.44. The fraction of sp³-hybridized carbons (Fsp3) is 0.375. The number of benzene rings is 2. The molecule has 1 N–H and O–H groups in total. The number of piperidine rings is 1. The standard InChI is InChI=1S/C24H27ClN4O4/c1-31-20-9-8-17(12-21(20)32-2)23-27-22(33-28-23)15-29-10-4-6-18(14-29)24(30)26-13-16-5-3-7-19(25)11-16/h3,5,7-9,11-12,18H,4,6,10,13-15H2,1-2H3,(H,26,30). The van der Waals surface area contributed by atoms with Crippen LogP contribution >= 0.6 is 11.6 Å². The van der Waals surface area contributed by atoms with E-state index in [4.69, 9.17) is 25.6 Å². The van der Waals surface area contributed by atoms with Crippen molar-refractivity contribution in [2.45, 2.75) is 25.9 Å². The van der Waals surface area contributed by atoms with E-state index in [1.165, 1.54) is 0 Å². The first kappa shape index (κ1) is 23.1. The van der Waals surface area contributed by atoms with Gasteiger partial charge in [0.05, 0.1) is 26.7 Å². The molecule has 1 aliphatic rings. The number of nitrogens with zero attached hydrogens (tertiary/aromatic N) is 3. The Morgan fingerprint density at radius 1 is 1.21 bits per heavy atom. The second kappa shape index (κ2) is 10.7. The van der Waals surface area contributed by atoms with Gasteiger partial charge in [0.2, 0.25) is 17.6 Å². The average Bonchev–Trinajstić information content (AvgIpc) is 3.30. The number of likely N-dealkylation sites (tertiary alicyclic amines) is 1. The van der Waals surface area contributed by atoms with Gasteiger partial charge in [0, 0.05) is 23.7 Å². The fourth-order valence-corrected chi connectivity index (χ4v) is 4.21. The van der Waals surface area contributed by atoms with Gasteiger partial charge >= 0.3 is 0 Å². The molecule has 2 heterocycles. The molecular formula is C24H27ClN4O4. The Morgan fingerprint density at radius 2 is 2.06 bits per heavy atom. The minimum Gasteiger partial charge on any atom is -0.493 e. The summed E-state index contributed by atoms with van der Waals surface area (Å²) in [7, 11) is 3.18. The average molecular weight is 471 g/mol. The Morgan fingerprint density at radius 3 is 2.85 bits per heavy atom. The largest absolute Gasteiger partial charge is 0.493 e. The molecule has 1 aromatic heterocycles. The Hall–Kier alpha value is -3.10. The summed E-state index contributed by atoms with van der Waals surface area (Å²) in [4.78, 5) is 19.4. The number of carbonyl (C=O) groups is 1. The lowest BCUT2D eigenvalue weighted by molar-refractivity contribution is -0.127. The molecule has 0 radical (unpaired) electrons. The van der Waals surface area contributed by atoms with Gasteiger partial charge in [0.25, 0.3) is 0 Å². The van der Waals surface area contributed by atoms with Crippen molar-refractivity contribution >= 4 is 17.5 Å². The van der Waals surface area contributed by atoms with Crippen molar-refractivity contribution in [3.05, 3.63) is 58.9 Å². The summed E-state index contributed by atoms with van der Waals surface area (Å²) in [5.74, 6) is 2.21. The molecule has 1 atom stereocenters. The van der Waals surface area contributed by atoms with E-state index >= 15 is 0 Å². The van der Waals surface area contributed by atoms with E-state index in [0.717, 1.165) is 30.5 Å². The van der Waals surface area contributed by atoms with Crippen LogP contribution in [0.3, 0.4) is 0 Å². The predicted octanol–water partition coefficient (Wildman–Crippen LogP) is 3.94. The molecule has 0 saturated carbocycles. The zero-order valence-corrected chi connectivity index (χ0v) is 19.5.